The monoisotopic (exact) mass is 497 g/mol. The summed E-state index contributed by atoms with van der Waals surface area (Å²) in [6, 6.07) is 16.0. The zero-order chi connectivity index (χ0) is 25.9. The molecule has 1 heterocycles. The molecule has 11 heteroatoms. The number of amides is 1. The van der Waals surface area contributed by atoms with Crippen molar-refractivity contribution < 1.29 is 32.4 Å². The van der Waals surface area contributed by atoms with Crippen LogP contribution in [0, 0.1) is 10.1 Å². The van der Waals surface area contributed by atoms with Crippen molar-refractivity contribution in [1.29, 1.82) is 0 Å². The fourth-order valence-electron chi connectivity index (χ4n) is 3.47. The molecule has 0 saturated heterocycles. The number of nitro groups is 1. The molecular weight excluding hydrogens is 479 g/mol. The molecule has 0 bridgehead atoms. The van der Waals surface area contributed by atoms with Gasteiger partial charge < -0.3 is 14.8 Å². The summed E-state index contributed by atoms with van der Waals surface area (Å²) in [5, 5.41) is 23.6. The number of nitrogens with one attached hydrogen (secondary N) is 1. The van der Waals surface area contributed by atoms with E-state index < -0.39 is 22.6 Å². The van der Waals surface area contributed by atoms with Gasteiger partial charge in [-0.3, -0.25) is 14.9 Å². The van der Waals surface area contributed by atoms with Crippen LogP contribution in [0.15, 0.2) is 77.2 Å². The van der Waals surface area contributed by atoms with E-state index in [4.69, 9.17) is 4.42 Å². The number of carbonyl (C=O) groups excluding carboxylic acids is 1. The van der Waals surface area contributed by atoms with Crippen LogP contribution in [0.1, 0.15) is 21.6 Å². The van der Waals surface area contributed by atoms with E-state index in [0.717, 1.165) is 29.8 Å². The van der Waals surface area contributed by atoms with Crippen LogP contribution in [0.3, 0.4) is 0 Å². The minimum absolute atomic E-state index is 0.00292. The highest BCUT2D eigenvalue weighted by Crippen LogP contribution is 2.36. The minimum atomic E-state index is -4.53. The molecule has 2 N–H and O–H groups in total. The van der Waals surface area contributed by atoms with Gasteiger partial charge in [0, 0.05) is 18.2 Å². The van der Waals surface area contributed by atoms with Crippen molar-refractivity contribution >= 4 is 11.6 Å². The quantitative estimate of drug-likeness (QED) is 0.253. The molecular formula is C25H18F3N3O5. The third-order valence-electron chi connectivity index (χ3n) is 5.28. The molecule has 4 aromatic rings. The van der Waals surface area contributed by atoms with Gasteiger partial charge in [0.25, 0.3) is 11.6 Å². The number of hydrogen-bond donors (Lipinski definition) is 2. The molecule has 184 valence electrons. The highest BCUT2D eigenvalue weighted by molar-refractivity contribution is 5.99. The van der Waals surface area contributed by atoms with Crippen molar-refractivity contribution in [2.24, 2.45) is 0 Å². The number of alkyl halides is 3. The normalized spacial score (nSPS) is 11.3. The first-order valence-corrected chi connectivity index (χ1v) is 10.6. The number of phenolic OH excluding ortho intramolecular Hbond substituents is 1. The number of rotatable bonds is 7. The lowest BCUT2D eigenvalue weighted by atomic mass is 10.1. The predicted octanol–water partition coefficient (Wildman–Crippen LogP) is 5.61. The molecule has 8 nitrogen and oxygen atoms in total. The molecule has 0 aliphatic rings. The number of nitro benzene ring substituents is 1. The van der Waals surface area contributed by atoms with Gasteiger partial charge in [0.1, 0.15) is 5.75 Å². The van der Waals surface area contributed by atoms with Gasteiger partial charge >= 0.3 is 6.18 Å². The van der Waals surface area contributed by atoms with Crippen LogP contribution in [0.25, 0.3) is 22.8 Å². The number of phenols is 1. The summed E-state index contributed by atoms with van der Waals surface area (Å²) in [6.07, 6.45) is -4.11. The Hall–Kier alpha value is -4.67. The Morgan fingerprint density at radius 3 is 2.33 bits per heavy atom. The first-order chi connectivity index (χ1) is 17.1. The zero-order valence-electron chi connectivity index (χ0n) is 18.5. The van der Waals surface area contributed by atoms with Gasteiger partial charge in [-0.15, -0.1) is 0 Å². The van der Waals surface area contributed by atoms with Crippen LogP contribution in [0.2, 0.25) is 0 Å². The number of benzene rings is 3. The third-order valence-corrected chi connectivity index (χ3v) is 5.28. The van der Waals surface area contributed by atoms with Crippen LogP contribution in [0.4, 0.5) is 18.9 Å². The Labute approximate surface area is 202 Å². The average molecular weight is 497 g/mol. The number of para-hydroxylation sites is 1. The van der Waals surface area contributed by atoms with Gasteiger partial charge in [0.2, 0.25) is 5.89 Å². The van der Waals surface area contributed by atoms with Crippen LogP contribution in [0.5, 0.6) is 5.75 Å². The standard InChI is InChI=1S/C25H18F3N3O5/c26-25(27,28)17-9-7-16(8-10-17)24-30-21(22(36-24)19-3-1-2-4-20(19)31(34)35)23(33)29-14-13-15-5-11-18(32)12-6-15/h1-12,32H,13-14H2,(H,29,33). The van der Waals surface area contributed by atoms with E-state index in [1.807, 2.05) is 0 Å². The fourth-order valence-corrected chi connectivity index (χ4v) is 3.47. The number of aromatic hydroxyl groups is 1. The molecule has 0 spiro atoms. The molecule has 0 unspecified atom stereocenters. The molecule has 0 fully saturated rings. The Morgan fingerprint density at radius 2 is 1.69 bits per heavy atom. The molecule has 0 saturated carbocycles. The molecule has 1 amide bonds. The van der Waals surface area contributed by atoms with Gasteiger partial charge in [-0.2, -0.15) is 13.2 Å². The van der Waals surface area contributed by atoms with Gasteiger partial charge in [0.15, 0.2) is 11.5 Å². The van der Waals surface area contributed by atoms with Crippen LogP contribution >= 0.6 is 0 Å². The average Bonchev–Trinajstić information content (AvgIpc) is 3.30. The number of carbonyl (C=O) groups is 1. The molecule has 0 radical (unpaired) electrons. The summed E-state index contributed by atoms with van der Waals surface area (Å²) < 4.78 is 44.5. The lowest BCUT2D eigenvalue weighted by molar-refractivity contribution is -0.384. The van der Waals surface area contributed by atoms with Crippen molar-refractivity contribution in [3.8, 4) is 28.5 Å². The molecule has 0 aliphatic carbocycles. The molecule has 1 aromatic heterocycles. The summed E-state index contributed by atoms with van der Waals surface area (Å²) in [5.74, 6) is -0.918. The van der Waals surface area contributed by atoms with Crippen molar-refractivity contribution in [2.45, 2.75) is 12.6 Å². The molecule has 0 atom stereocenters. The highest BCUT2D eigenvalue weighted by Gasteiger charge is 2.31. The molecule has 0 aliphatic heterocycles. The second kappa shape index (κ2) is 9.90. The smallest absolute Gasteiger partial charge is 0.416 e. The van der Waals surface area contributed by atoms with E-state index in [1.54, 1.807) is 12.1 Å². The predicted molar refractivity (Wildman–Crippen MR) is 123 cm³/mol. The maximum Gasteiger partial charge on any atom is 0.416 e. The first kappa shape index (κ1) is 24.5. The van der Waals surface area contributed by atoms with Crippen molar-refractivity contribution in [2.75, 3.05) is 6.54 Å². The SMILES string of the molecule is O=C(NCCc1ccc(O)cc1)c1nc(-c2ccc(C(F)(F)F)cc2)oc1-c1ccccc1[N+](=O)[O-]. The second-order valence-corrected chi connectivity index (χ2v) is 7.72. The largest absolute Gasteiger partial charge is 0.508 e. The topological polar surface area (TPSA) is 118 Å². The Kier molecular flexibility index (Phi) is 6.73. The lowest BCUT2D eigenvalue weighted by Gasteiger charge is -2.06. The number of nitrogens with zero attached hydrogens (tertiary/aromatic N) is 2. The van der Waals surface area contributed by atoms with Gasteiger partial charge in [-0.05, 0) is 54.4 Å². The van der Waals surface area contributed by atoms with Gasteiger partial charge in [-0.1, -0.05) is 24.3 Å². The van der Waals surface area contributed by atoms with E-state index >= 15 is 0 Å². The Morgan fingerprint density at radius 1 is 1.03 bits per heavy atom. The summed E-state index contributed by atoms with van der Waals surface area (Å²) >= 11 is 0. The summed E-state index contributed by atoms with van der Waals surface area (Å²) in [7, 11) is 0. The highest BCUT2D eigenvalue weighted by atomic mass is 19.4. The van der Waals surface area contributed by atoms with E-state index in [-0.39, 0.29) is 46.5 Å². The van der Waals surface area contributed by atoms with Crippen LogP contribution in [-0.4, -0.2) is 27.5 Å². The second-order valence-electron chi connectivity index (χ2n) is 7.72. The number of oxazole rings is 1. The van der Waals surface area contributed by atoms with E-state index in [9.17, 15) is 33.2 Å². The molecule has 4 rings (SSSR count). The number of halogens is 3. The van der Waals surface area contributed by atoms with E-state index in [0.29, 0.717) is 6.42 Å². The first-order valence-electron chi connectivity index (χ1n) is 10.6. The fraction of sp³-hybridized carbons (Fsp3) is 0.120. The third kappa shape index (κ3) is 5.35. The van der Waals surface area contributed by atoms with Crippen molar-refractivity contribution in [1.82, 2.24) is 10.3 Å². The van der Waals surface area contributed by atoms with Crippen LogP contribution in [-0.2, 0) is 12.6 Å². The summed E-state index contributed by atoms with van der Waals surface area (Å²) in [4.78, 5) is 28.1. The zero-order valence-corrected chi connectivity index (χ0v) is 18.5. The van der Waals surface area contributed by atoms with E-state index in [2.05, 4.69) is 10.3 Å². The molecule has 36 heavy (non-hydrogen) atoms. The van der Waals surface area contributed by atoms with Crippen LogP contribution < -0.4 is 5.32 Å². The Balaban J connectivity index is 1.67. The molecule has 3 aromatic carbocycles. The van der Waals surface area contributed by atoms with Gasteiger partial charge in [0.05, 0.1) is 16.1 Å². The lowest BCUT2D eigenvalue weighted by Crippen LogP contribution is -2.26. The van der Waals surface area contributed by atoms with E-state index in [1.165, 1.54) is 36.4 Å². The van der Waals surface area contributed by atoms with Gasteiger partial charge in [-0.25, -0.2) is 4.98 Å². The maximum atomic E-state index is 13.0. The Bertz CT molecular complexity index is 1400. The number of hydrogen-bond acceptors (Lipinski definition) is 6. The van der Waals surface area contributed by atoms with Crippen molar-refractivity contribution in [3.63, 3.8) is 0 Å². The number of aromatic nitrogens is 1. The summed E-state index contributed by atoms with van der Waals surface area (Å²) in [5.41, 5.74) is -0.444. The summed E-state index contributed by atoms with van der Waals surface area (Å²) in [6.45, 7) is 0.183. The minimum Gasteiger partial charge on any atom is -0.508 e. The maximum absolute atomic E-state index is 13.0. The van der Waals surface area contributed by atoms with Crippen molar-refractivity contribution in [3.05, 3.63) is 99.7 Å².